The van der Waals surface area contributed by atoms with Crippen LogP contribution in [0.25, 0.3) is 10.8 Å². The number of nitrogens with one attached hydrogen (secondary N) is 1. The molecule has 1 heterocycles. The van der Waals surface area contributed by atoms with Crippen LogP contribution in [0.2, 0.25) is 0 Å². The van der Waals surface area contributed by atoms with Crippen LogP contribution in [0.5, 0.6) is 0 Å². The van der Waals surface area contributed by atoms with Crippen LogP contribution >= 0.6 is 0 Å². The van der Waals surface area contributed by atoms with Gasteiger partial charge in [-0.15, -0.1) is 0 Å². The van der Waals surface area contributed by atoms with Crippen molar-refractivity contribution in [3.05, 3.63) is 42.2 Å². The van der Waals surface area contributed by atoms with Gasteiger partial charge in [-0.1, -0.05) is 31.5 Å². The summed E-state index contributed by atoms with van der Waals surface area (Å²) in [6, 6.07) is 9.34. The van der Waals surface area contributed by atoms with Crippen molar-refractivity contribution in [3.8, 4) is 0 Å². The van der Waals surface area contributed by atoms with Gasteiger partial charge in [-0.25, -0.2) is 0 Å². The summed E-state index contributed by atoms with van der Waals surface area (Å²) in [4.78, 5) is 4.36. The quantitative estimate of drug-likeness (QED) is 0.902. The van der Waals surface area contributed by atoms with E-state index in [4.69, 9.17) is 0 Å². The van der Waals surface area contributed by atoms with Gasteiger partial charge in [-0.3, -0.25) is 4.98 Å². The number of nitrogens with zero attached hydrogens (tertiary/aromatic N) is 1. The molecule has 1 aromatic carbocycles. The van der Waals surface area contributed by atoms with Crippen LogP contribution in [-0.2, 0) is 0 Å². The molecule has 2 fully saturated rings. The molecule has 2 aliphatic carbocycles. The summed E-state index contributed by atoms with van der Waals surface area (Å²) in [6.07, 6.45) is 9.74. The monoisotopic (exact) mass is 280 g/mol. The van der Waals surface area contributed by atoms with Crippen LogP contribution in [0.15, 0.2) is 36.7 Å². The molecule has 2 nitrogen and oxygen atoms in total. The second-order valence-corrected chi connectivity index (χ2v) is 6.82. The highest BCUT2D eigenvalue weighted by atomic mass is 14.9. The molecule has 2 aliphatic rings. The molecular formula is C19H24N2. The predicted octanol–water partition coefficient (Wildman–Crippen LogP) is 4.32. The molecule has 4 atom stereocenters. The van der Waals surface area contributed by atoms with Gasteiger partial charge < -0.3 is 5.32 Å². The molecule has 2 bridgehead atoms. The number of rotatable bonds is 4. The molecular weight excluding hydrogens is 256 g/mol. The number of aromatic nitrogens is 1. The van der Waals surface area contributed by atoms with Gasteiger partial charge in [-0.2, -0.15) is 0 Å². The second-order valence-electron chi connectivity index (χ2n) is 6.82. The Balaban J connectivity index is 1.76. The third kappa shape index (κ3) is 2.26. The van der Waals surface area contributed by atoms with Gasteiger partial charge in [0.1, 0.15) is 0 Å². The van der Waals surface area contributed by atoms with E-state index in [-0.39, 0.29) is 0 Å². The van der Waals surface area contributed by atoms with Crippen LogP contribution < -0.4 is 5.32 Å². The number of hydrogen-bond donors (Lipinski definition) is 1. The maximum Gasteiger partial charge on any atom is 0.0358 e. The molecule has 2 saturated carbocycles. The first-order valence-corrected chi connectivity index (χ1v) is 8.43. The van der Waals surface area contributed by atoms with E-state index in [1.807, 2.05) is 12.4 Å². The SMILES string of the molecule is CCNC(c1cccc2ccncc12)C1CC2CCC1C2. The number of pyridine rings is 1. The molecule has 0 spiro atoms. The zero-order valence-corrected chi connectivity index (χ0v) is 12.8. The minimum Gasteiger partial charge on any atom is -0.310 e. The first kappa shape index (κ1) is 13.3. The Bertz CT molecular complexity index is 631. The van der Waals surface area contributed by atoms with E-state index in [0.717, 1.165) is 24.3 Å². The fourth-order valence-electron chi connectivity index (χ4n) is 4.82. The van der Waals surface area contributed by atoms with Crippen molar-refractivity contribution in [2.45, 2.75) is 38.6 Å². The second kappa shape index (κ2) is 5.42. The van der Waals surface area contributed by atoms with Crippen LogP contribution in [0.1, 0.15) is 44.2 Å². The van der Waals surface area contributed by atoms with Crippen molar-refractivity contribution < 1.29 is 0 Å². The number of hydrogen-bond acceptors (Lipinski definition) is 2. The molecule has 0 aliphatic heterocycles. The van der Waals surface area contributed by atoms with Crippen LogP contribution in [0, 0.1) is 17.8 Å². The summed E-state index contributed by atoms with van der Waals surface area (Å²) < 4.78 is 0. The normalized spacial score (nSPS) is 29.1. The van der Waals surface area contributed by atoms with E-state index in [1.54, 1.807) is 0 Å². The number of fused-ring (bicyclic) bond motifs is 3. The Morgan fingerprint density at radius 3 is 2.95 bits per heavy atom. The van der Waals surface area contributed by atoms with E-state index in [0.29, 0.717) is 6.04 Å². The molecule has 0 saturated heterocycles. The zero-order chi connectivity index (χ0) is 14.2. The highest BCUT2D eigenvalue weighted by molar-refractivity contribution is 5.85. The summed E-state index contributed by atoms with van der Waals surface area (Å²) in [7, 11) is 0. The average Bonchev–Trinajstić information content (AvgIpc) is 3.15. The third-order valence-electron chi connectivity index (χ3n) is 5.70. The maximum absolute atomic E-state index is 4.36. The molecule has 2 aromatic rings. The summed E-state index contributed by atoms with van der Waals surface area (Å²) in [5.41, 5.74) is 1.46. The lowest BCUT2D eigenvalue weighted by molar-refractivity contribution is 0.254. The van der Waals surface area contributed by atoms with E-state index < -0.39 is 0 Å². The van der Waals surface area contributed by atoms with Gasteiger partial charge in [0.15, 0.2) is 0 Å². The molecule has 4 unspecified atom stereocenters. The summed E-state index contributed by atoms with van der Waals surface area (Å²) >= 11 is 0. The lowest BCUT2D eigenvalue weighted by Gasteiger charge is -2.32. The van der Waals surface area contributed by atoms with Crippen molar-refractivity contribution >= 4 is 10.8 Å². The summed E-state index contributed by atoms with van der Waals surface area (Å²) in [6.45, 7) is 3.26. The summed E-state index contributed by atoms with van der Waals surface area (Å²) in [5.74, 6) is 2.75. The molecule has 1 aromatic heterocycles. The van der Waals surface area contributed by atoms with Crippen molar-refractivity contribution in [1.82, 2.24) is 10.3 Å². The van der Waals surface area contributed by atoms with E-state index in [9.17, 15) is 0 Å². The first-order chi connectivity index (χ1) is 10.4. The lowest BCUT2D eigenvalue weighted by atomic mass is 9.79. The highest BCUT2D eigenvalue weighted by Gasteiger charge is 2.43. The number of benzene rings is 1. The Morgan fingerprint density at radius 2 is 2.19 bits per heavy atom. The topological polar surface area (TPSA) is 24.9 Å². The van der Waals surface area contributed by atoms with Gasteiger partial charge in [-0.05, 0) is 60.6 Å². The van der Waals surface area contributed by atoms with E-state index in [1.165, 1.54) is 42.0 Å². The standard InChI is InChI=1S/C19H24N2/c1-2-21-19(17-11-13-6-7-15(17)10-13)16-5-3-4-14-8-9-20-12-18(14)16/h3-5,8-9,12-13,15,17,19,21H,2,6-7,10-11H2,1H3. The fourth-order valence-corrected chi connectivity index (χ4v) is 4.82. The smallest absolute Gasteiger partial charge is 0.0358 e. The molecule has 2 heteroatoms. The molecule has 0 radical (unpaired) electrons. The van der Waals surface area contributed by atoms with E-state index >= 15 is 0 Å². The summed E-state index contributed by atoms with van der Waals surface area (Å²) in [5, 5.41) is 6.43. The zero-order valence-electron chi connectivity index (χ0n) is 12.8. The molecule has 0 amide bonds. The minimum absolute atomic E-state index is 0.498. The Hall–Kier alpha value is -1.41. The molecule has 110 valence electrons. The molecule has 21 heavy (non-hydrogen) atoms. The minimum atomic E-state index is 0.498. The van der Waals surface area contributed by atoms with Crippen molar-refractivity contribution in [2.24, 2.45) is 17.8 Å². The van der Waals surface area contributed by atoms with Crippen LogP contribution in [0.3, 0.4) is 0 Å². The van der Waals surface area contributed by atoms with Crippen LogP contribution in [0.4, 0.5) is 0 Å². The average molecular weight is 280 g/mol. The largest absolute Gasteiger partial charge is 0.310 e. The fraction of sp³-hybridized carbons (Fsp3) is 0.526. The lowest BCUT2D eigenvalue weighted by Crippen LogP contribution is -2.31. The third-order valence-corrected chi connectivity index (χ3v) is 5.70. The van der Waals surface area contributed by atoms with Gasteiger partial charge >= 0.3 is 0 Å². The van der Waals surface area contributed by atoms with Crippen molar-refractivity contribution in [1.29, 1.82) is 0 Å². The molecule has 4 rings (SSSR count). The predicted molar refractivity (Wildman–Crippen MR) is 87.1 cm³/mol. The highest BCUT2D eigenvalue weighted by Crippen LogP contribution is 2.53. The first-order valence-electron chi connectivity index (χ1n) is 8.43. The van der Waals surface area contributed by atoms with Gasteiger partial charge in [0.05, 0.1) is 0 Å². The Morgan fingerprint density at radius 1 is 1.24 bits per heavy atom. The van der Waals surface area contributed by atoms with Crippen LogP contribution in [-0.4, -0.2) is 11.5 Å². The van der Waals surface area contributed by atoms with Crippen molar-refractivity contribution in [3.63, 3.8) is 0 Å². The van der Waals surface area contributed by atoms with E-state index in [2.05, 4.69) is 41.5 Å². The Kier molecular flexibility index (Phi) is 3.42. The van der Waals surface area contributed by atoms with Gasteiger partial charge in [0, 0.05) is 23.8 Å². The van der Waals surface area contributed by atoms with Gasteiger partial charge in [0.2, 0.25) is 0 Å². The Labute approximate surface area is 127 Å². The molecule has 1 N–H and O–H groups in total. The van der Waals surface area contributed by atoms with Crippen molar-refractivity contribution in [2.75, 3.05) is 6.54 Å². The maximum atomic E-state index is 4.36. The van der Waals surface area contributed by atoms with Gasteiger partial charge in [0.25, 0.3) is 0 Å².